The maximum Gasteiger partial charge on any atom is 0.188 e. The summed E-state index contributed by atoms with van der Waals surface area (Å²) in [4.78, 5) is 4.09. The molecule has 2 aromatic carbocycles. The van der Waals surface area contributed by atoms with Crippen molar-refractivity contribution in [3.8, 4) is 0 Å². The lowest BCUT2D eigenvalue weighted by atomic mass is 10.3. The maximum absolute atomic E-state index is 13.5. The predicted octanol–water partition coefficient (Wildman–Crippen LogP) is 4.46. The van der Waals surface area contributed by atoms with Crippen molar-refractivity contribution in [3.63, 3.8) is 0 Å². The normalized spacial score (nSPS) is 10.9. The molecule has 96 valence electrons. The van der Waals surface area contributed by atoms with Crippen LogP contribution in [0.25, 0.3) is 10.2 Å². The number of hydrogen-bond acceptors (Lipinski definition) is 3. The third-order valence-electron chi connectivity index (χ3n) is 2.54. The molecule has 0 aliphatic heterocycles. The number of aromatic nitrogens is 1. The highest BCUT2D eigenvalue weighted by Crippen LogP contribution is 2.30. The van der Waals surface area contributed by atoms with Crippen molar-refractivity contribution in [2.75, 3.05) is 5.32 Å². The minimum Gasteiger partial charge on any atom is -0.327 e. The summed E-state index contributed by atoms with van der Waals surface area (Å²) in [6, 6.07) is 7.74. The molecule has 2 nitrogen and oxygen atoms in total. The fourth-order valence-corrected chi connectivity index (χ4v) is 2.53. The first kappa shape index (κ1) is 12.0. The molecule has 0 aliphatic rings. The molecule has 3 aromatic rings. The van der Waals surface area contributed by atoms with Gasteiger partial charge in [-0.25, -0.2) is 18.2 Å². The highest BCUT2D eigenvalue weighted by atomic mass is 32.1. The van der Waals surface area contributed by atoms with Crippen LogP contribution in [0.5, 0.6) is 0 Å². The van der Waals surface area contributed by atoms with Crippen LogP contribution >= 0.6 is 11.3 Å². The van der Waals surface area contributed by atoms with Gasteiger partial charge in [0.05, 0.1) is 10.2 Å². The third kappa shape index (κ3) is 2.26. The lowest BCUT2D eigenvalue weighted by Crippen LogP contribution is -1.96. The summed E-state index contributed by atoms with van der Waals surface area (Å²) in [5.41, 5.74) is 0.186. The Balaban J connectivity index is 2.01. The molecule has 6 heteroatoms. The van der Waals surface area contributed by atoms with Gasteiger partial charge in [-0.05, 0) is 24.3 Å². The maximum atomic E-state index is 13.5. The Morgan fingerprint density at radius 1 is 1.00 bits per heavy atom. The molecule has 1 heterocycles. The van der Waals surface area contributed by atoms with Gasteiger partial charge in [0.25, 0.3) is 0 Å². The van der Waals surface area contributed by atoms with Gasteiger partial charge in [0, 0.05) is 6.07 Å². The minimum absolute atomic E-state index is 0.262. The summed E-state index contributed by atoms with van der Waals surface area (Å²) in [6.45, 7) is 0. The van der Waals surface area contributed by atoms with E-state index in [0.717, 1.165) is 16.8 Å². The second-order valence-corrected chi connectivity index (χ2v) is 4.88. The highest BCUT2D eigenvalue weighted by Gasteiger charge is 2.11. The summed E-state index contributed by atoms with van der Waals surface area (Å²) >= 11 is 1.20. The molecule has 0 bridgehead atoms. The Bertz CT molecular complexity index is 734. The van der Waals surface area contributed by atoms with Crippen LogP contribution in [0.4, 0.5) is 24.0 Å². The van der Waals surface area contributed by atoms with Gasteiger partial charge in [0.2, 0.25) is 0 Å². The van der Waals surface area contributed by atoms with Crippen molar-refractivity contribution in [2.45, 2.75) is 0 Å². The van der Waals surface area contributed by atoms with E-state index in [0.29, 0.717) is 10.6 Å². The molecule has 0 atom stereocenters. The van der Waals surface area contributed by atoms with E-state index in [1.807, 2.05) is 0 Å². The van der Waals surface area contributed by atoms with Crippen LogP contribution < -0.4 is 5.32 Å². The van der Waals surface area contributed by atoms with Gasteiger partial charge in [-0.15, -0.1) is 0 Å². The van der Waals surface area contributed by atoms with E-state index < -0.39 is 17.5 Å². The number of nitrogens with one attached hydrogen (secondary N) is 1. The van der Waals surface area contributed by atoms with Crippen LogP contribution in [0.15, 0.2) is 36.4 Å². The number of nitrogens with zero attached hydrogens (tertiary/aromatic N) is 1. The summed E-state index contributed by atoms with van der Waals surface area (Å²) in [6.07, 6.45) is 0. The lowest BCUT2D eigenvalue weighted by Gasteiger charge is -2.04. The lowest BCUT2D eigenvalue weighted by molar-refractivity contribution is 0.591. The first-order valence-electron chi connectivity index (χ1n) is 5.40. The zero-order valence-corrected chi connectivity index (χ0v) is 10.3. The van der Waals surface area contributed by atoms with Crippen molar-refractivity contribution in [3.05, 3.63) is 53.8 Å². The molecular weight excluding hydrogens is 273 g/mol. The number of benzene rings is 2. The number of fused-ring (bicyclic) bond motifs is 1. The van der Waals surface area contributed by atoms with Gasteiger partial charge < -0.3 is 5.32 Å². The van der Waals surface area contributed by atoms with Crippen molar-refractivity contribution >= 4 is 32.4 Å². The molecule has 0 fully saturated rings. The molecule has 0 radical (unpaired) electrons. The molecular formula is C13H7F3N2S. The van der Waals surface area contributed by atoms with E-state index in [1.54, 1.807) is 6.07 Å². The third-order valence-corrected chi connectivity index (χ3v) is 3.50. The standard InChI is InChI=1S/C13H7F3N2S/c14-7-4-5-11-10(6-7)17-13(19-11)18-12-8(15)2-1-3-9(12)16/h1-6H,(H,17,18). The first-order valence-corrected chi connectivity index (χ1v) is 6.22. The van der Waals surface area contributed by atoms with E-state index >= 15 is 0 Å². The second kappa shape index (κ2) is 4.55. The zero-order chi connectivity index (χ0) is 13.4. The fraction of sp³-hybridized carbons (Fsp3) is 0. The van der Waals surface area contributed by atoms with E-state index in [4.69, 9.17) is 0 Å². The predicted molar refractivity (Wildman–Crippen MR) is 69.2 cm³/mol. The van der Waals surface area contributed by atoms with Crippen LogP contribution in [0.3, 0.4) is 0 Å². The molecule has 1 aromatic heterocycles. The summed E-state index contributed by atoms with van der Waals surface area (Å²) in [7, 11) is 0. The largest absolute Gasteiger partial charge is 0.327 e. The van der Waals surface area contributed by atoms with Crippen molar-refractivity contribution in [2.24, 2.45) is 0 Å². The van der Waals surface area contributed by atoms with Crippen molar-refractivity contribution in [1.29, 1.82) is 0 Å². The molecule has 0 saturated carbocycles. The molecule has 3 rings (SSSR count). The minimum atomic E-state index is -0.703. The van der Waals surface area contributed by atoms with Crippen LogP contribution in [-0.4, -0.2) is 4.98 Å². The van der Waals surface area contributed by atoms with Gasteiger partial charge in [-0.2, -0.15) is 0 Å². The molecule has 0 spiro atoms. The van der Waals surface area contributed by atoms with Crippen molar-refractivity contribution in [1.82, 2.24) is 4.98 Å². The zero-order valence-electron chi connectivity index (χ0n) is 9.45. The first-order chi connectivity index (χ1) is 9.13. The smallest absolute Gasteiger partial charge is 0.188 e. The van der Waals surface area contributed by atoms with E-state index in [9.17, 15) is 13.2 Å². The number of rotatable bonds is 2. The Morgan fingerprint density at radius 3 is 2.47 bits per heavy atom. The molecule has 0 unspecified atom stereocenters. The molecule has 0 saturated heterocycles. The average Bonchev–Trinajstić information content (AvgIpc) is 2.75. The summed E-state index contributed by atoms with van der Waals surface area (Å²) in [5.74, 6) is -1.81. The Hall–Kier alpha value is -2.08. The summed E-state index contributed by atoms with van der Waals surface area (Å²) in [5, 5.41) is 2.89. The van der Waals surface area contributed by atoms with Gasteiger partial charge in [-0.1, -0.05) is 17.4 Å². The van der Waals surface area contributed by atoms with Crippen LogP contribution in [0.2, 0.25) is 0 Å². The molecule has 0 aliphatic carbocycles. The van der Waals surface area contributed by atoms with Crippen LogP contribution in [-0.2, 0) is 0 Å². The Labute approximate surface area is 110 Å². The second-order valence-electron chi connectivity index (χ2n) is 3.85. The van der Waals surface area contributed by atoms with Gasteiger partial charge in [-0.3, -0.25) is 0 Å². The van der Waals surface area contributed by atoms with Gasteiger partial charge in [0.1, 0.15) is 23.1 Å². The van der Waals surface area contributed by atoms with Crippen LogP contribution in [0, 0.1) is 17.5 Å². The van der Waals surface area contributed by atoms with E-state index in [-0.39, 0.29) is 5.69 Å². The Kier molecular flexibility index (Phi) is 2.87. The topological polar surface area (TPSA) is 24.9 Å². The number of hydrogen-bond donors (Lipinski definition) is 1. The molecule has 1 N–H and O–H groups in total. The average molecular weight is 280 g/mol. The quantitative estimate of drug-likeness (QED) is 0.749. The van der Waals surface area contributed by atoms with E-state index in [2.05, 4.69) is 10.3 Å². The number of anilines is 2. The number of thiazole rings is 1. The van der Waals surface area contributed by atoms with Gasteiger partial charge >= 0.3 is 0 Å². The van der Waals surface area contributed by atoms with Crippen LogP contribution in [0.1, 0.15) is 0 Å². The fourth-order valence-electron chi connectivity index (χ4n) is 1.68. The molecule has 0 amide bonds. The number of halogens is 3. The van der Waals surface area contributed by atoms with Gasteiger partial charge in [0.15, 0.2) is 5.13 Å². The Morgan fingerprint density at radius 2 is 1.74 bits per heavy atom. The molecule has 19 heavy (non-hydrogen) atoms. The summed E-state index contributed by atoms with van der Waals surface area (Å²) < 4.78 is 40.7. The monoisotopic (exact) mass is 280 g/mol. The number of para-hydroxylation sites is 1. The SMILES string of the molecule is Fc1ccc2sc(Nc3c(F)cccc3F)nc2c1. The highest BCUT2D eigenvalue weighted by molar-refractivity contribution is 7.22. The van der Waals surface area contributed by atoms with E-state index in [1.165, 1.54) is 29.5 Å². The van der Waals surface area contributed by atoms with Crippen molar-refractivity contribution < 1.29 is 13.2 Å².